The van der Waals surface area contributed by atoms with E-state index in [1.165, 1.54) is 16.7 Å². The summed E-state index contributed by atoms with van der Waals surface area (Å²) in [6, 6.07) is 15.1. The molecule has 0 radical (unpaired) electrons. The number of benzene rings is 2. The SMILES string of the molecule is Cc1cc2nc(C(C)N(C)Cc3ccccc3)[nH]c2cc1C. The Hall–Kier alpha value is -2.13. The first-order chi connectivity index (χ1) is 10.5. The van der Waals surface area contributed by atoms with Crippen molar-refractivity contribution in [3.8, 4) is 0 Å². The molecule has 0 aliphatic rings. The van der Waals surface area contributed by atoms with Crippen LogP contribution >= 0.6 is 0 Å². The fourth-order valence-electron chi connectivity index (χ4n) is 2.70. The van der Waals surface area contributed by atoms with Crippen LogP contribution in [0.2, 0.25) is 0 Å². The minimum Gasteiger partial charge on any atom is -0.341 e. The van der Waals surface area contributed by atoms with Gasteiger partial charge in [0.15, 0.2) is 0 Å². The monoisotopic (exact) mass is 293 g/mol. The molecule has 0 aliphatic carbocycles. The smallest absolute Gasteiger partial charge is 0.124 e. The summed E-state index contributed by atoms with van der Waals surface area (Å²) in [6.45, 7) is 7.38. The van der Waals surface area contributed by atoms with E-state index in [4.69, 9.17) is 4.98 Å². The third-order valence-electron chi connectivity index (χ3n) is 4.45. The van der Waals surface area contributed by atoms with Crippen LogP contribution in [0, 0.1) is 13.8 Å². The van der Waals surface area contributed by atoms with Crippen molar-refractivity contribution in [2.45, 2.75) is 33.4 Å². The first-order valence-corrected chi connectivity index (χ1v) is 7.75. The van der Waals surface area contributed by atoms with Crippen molar-refractivity contribution in [2.24, 2.45) is 0 Å². The normalized spacial score (nSPS) is 13.0. The topological polar surface area (TPSA) is 31.9 Å². The number of rotatable bonds is 4. The zero-order valence-corrected chi connectivity index (χ0v) is 13.7. The van der Waals surface area contributed by atoms with E-state index in [1.807, 2.05) is 0 Å². The average molecular weight is 293 g/mol. The van der Waals surface area contributed by atoms with Crippen LogP contribution < -0.4 is 0 Å². The van der Waals surface area contributed by atoms with E-state index in [-0.39, 0.29) is 6.04 Å². The summed E-state index contributed by atoms with van der Waals surface area (Å²) in [4.78, 5) is 10.6. The van der Waals surface area contributed by atoms with E-state index < -0.39 is 0 Å². The molecule has 1 aromatic heterocycles. The number of hydrogen-bond acceptors (Lipinski definition) is 2. The molecule has 3 nitrogen and oxygen atoms in total. The summed E-state index contributed by atoms with van der Waals surface area (Å²) in [5, 5.41) is 0. The number of aromatic amines is 1. The molecule has 3 heteroatoms. The molecular weight excluding hydrogens is 270 g/mol. The molecule has 2 aromatic carbocycles. The van der Waals surface area contributed by atoms with Gasteiger partial charge in [0.05, 0.1) is 17.1 Å². The maximum Gasteiger partial charge on any atom is 0.124 e. The molecule has 0 fully saturated rings. The van der Waals surface area contributed by atoms with Crippen LogP contribution in [0.1, 0.15) is 35.5 Å². The van der Waals surface area contributed by atoms with Gasteiger partial charge in [0.1, 0.15) is 5.82 Å². The second kappa shape index (κ2) is 5.93. The predicted molar refractivity (Wildman–Crippen MR) is 91.9 cm³/mol. The van der Waals surface area contributed by atoms with Crippen LogP contribution in [0.4, 0.5) is 0 Å². The van der Waals surface area contributed by atoms with Crippen LogP contribution in [0.15, 0.2) is 42.5 Å². The van der Waals surface area contributed by atoms with Gasteiger partial charge in [-0.2, -0.15) is 0 Å². The molecule has 0 spiro atoms. The molecule has 3 rings (SSSR count). The van der Waals surface area contributed by atoms with Crippen LogP contribution in [0.25, 0.3) is 11.0 Å². The number of imidazole rings is 1. The van der Waals surface area contributed by atoms with Crippen LogP contribution in [-0.4, -0.2) is 21.9 Å². The number of fused-ring (bicyclic) bond motifs is 1. The highest BCUT2D eigenvalue weighted by atomic mass is 15.2. The largest absolute Gasteiger partial charge is 0.341 e. The van der Waals surface area contributed by atoms with Gasteiger partial charge in [0, 0.05) is 6.54 Å². The van der Waals surface area contributed by atoms with Crippen molar-refractivity contribution in [3.63, 3.8) is 0 Å². The Balaban J connectivity index is 1.83. The van der Waals surface area contributed by atoms with Gasteiger partial charge in [-0.1, -0.05) is 30.3 Å². The van der Waals surface area contributed by atoms with Gasteiger partial charge >= 0.3 is 0 Å². The zero-order chi connectivity index (χ0) is 15.7. The van der Waals surface area contributed by atoms with Crippen LogP contribution in [0.5, 0.6) is 0 Å². The Bertz CT molecular complexity index is 735. The fraction of sp³-hybridized carbons (Fsp3) is 0.316. The predicted octanol–water partition coefficient (Wildman–Crippen LogP) is 4.37. The summed E-state index contributed by atoms with van der Waals surface area (Å²) in [6.07, 6.45) is 0. The van der Waals surface area contributed by atoms with Gasteiger partial charge in [0.2, 0.25) is 0 Å². The molecule has 1 N–H and O–H groups in total. The lowest BCUT2D eigenvalue weighted by Crippen LogP contribution is -2.22. The highest BCUT2D eigenvalue weighted by Gasteiger charge is 2.16. The molecule has 114 valence electrons. The molecule has 0 bridgehead atoms. The van der Waals surface area contributed by atoms with Crippen molar-refractivity contribution < 1.29 is 0 Å². The van der Waals surface area contributed by atoms with Crippen molar-refractivity contribution in [1.29, 1.82) is 0 Å². The van der Waals surface area contributed by atoms with Crippen molar-refractivity contribution >= 4 is 11.0 Å². The van der Waals surface area contributed by atoms with Gasteiger partial charge in [0.25, 0.3) is 0 Å². The lowest BCUT2D eigenvalue weighted by Gasteiger charge is -2.23. The molecule has 1 unspecified atom stereocenters. The number of nitrogens with one attached hydrogen (secondary N) is 1. The molecular formula is C19H23N3. The van der Waals surface area contributed by atoms with E-state index in [9.17, 15) is 0 Å². The highest BCUT2D eigenvalue weighted by molar-refractivity contribution is 5.77. The van der Waals surface area contributed by atoms with E-state index >= 15 is 0 Å². The molecule has 22 heavy (non-hydrogen) atoms. The molecule has 1 heterocycles. The number of aromatic nitrogens is 2. The second-order valence-electron chi connectivity index (χ2n) is 6.15. The summed E-state index contributed by atoms with van der Waals surface area (Å²) >= 11 is 0. The number of H-pyrrole nitrogens is 1. The standard InChI is InChI=1S/C19H23N3/c1-13-10-17-18(11-14(13)2)21-19(20-17)15(3)22(4)12-16-8-6-5-7-9-16/h5-11,15H,12H2,1-4H3,(H,20,21). The van der Waals surface area contributed by atoms with Crippen molar-refractivity contribution in [1.82, 2.24) is 14.9 Å². The summed E-state index contributed by atoms with van der Waals surface area (Å²) in [7, 11) is 2.14. The first kappa shape index (κ1) is 14.8. The molecule has 3 aromatic rings. The lowest BCUT2D eigenvalue weighted by atomic mass is 10.1. The Morgan fingerprint density at radius 3 is 2.50 bits per heavy atom. The fourth-order valence-corrected chi connectivity index (χ4v) is 2.70. The van der Waals surface area contributed by atoms with E-state index in [0.29, 0.717) is 0 Å². The van der Waals surface area contributed by atoms with E-state index in [1.54, 1.807) is 0 Å². The Labute approximate surface area is 132 Å². The van der Waals surface area contributed by atoms with Crippen molar-refractivity contribution in [2.75, 3.05) is 7.05 Å². The molecule has 0 saturated heterocycles. The van der Waals surface area contributed by atoms with Gasteiger partial charge in [-0.15, -0.1) is 0 Å². The van der Waals surface area contributed by atoms with Gasteiger partial charge < -0.3 is 4.98 Å². The second-order valence-corrected chi connectivity index (χ2v) is 6.15. The maximum absolute atomic E-state index is 4.78. The minimum absolute atomic E-state index is 0.244. The van der Waals surface area contributed by atoms with Gasteiger partial charge in [-0.25, -0.2) is 4.98 Å². The number of aryl methyl sites for hydroxylation is 2. The zero-order valence-electron chi connectivity index (χ0n) is 13.7. The van der Waals surface area contributed by atoms with Crippen LogP contribution in [0.3, 0.4) is 0 Å². The minimum atomic E-state index is 0.244. The molecule has 1 atom stereocenters. The maximum atomic E-state index is 4.78. The lowest BCUT2D eigenvalue weighted by molar-refractivity contribution is 0.245. The molecule has 0 amide bonds. The Morgan fingerprint density at radius 1 is 1.09 bits per heavy atom. The third kappa shape index (κ3) is 2.90. The third-order valence-corrected chi connectivity index (χ3v) is 4.45. The van der Waals surface area contributed by atoms with Gasteiger partial charge in [-0.05, 0) is 56.6 Å². The number of hydrogen-bond donors (Lipinski definition) is 1. The Morgan fingerprint density at radius 2 is 1.77 bits per heavy atom. The molecule has 0 aliphatic heterocycles. The van der Waals surface area contributed by atoms with Crippen molar-refractivity contribution in [3.05, 3.63) is 65.0 Å². The summed E-state index contributed by atoms with van der Waals surface area (Å²) < 4.78 is 0. The number of nitrogens with zero attached hydrogens (tertiary/aromatic N) is 2. The summed E-state index contributed by atoms with van der Waals surface area (Å²) in [5.74, 6) is 1.03. The summed E-state index contributed by atoms with van der Waals surface area (Å²) in [5.41, 5.74) is 6.08. The van der Waals surface area contributed by atoms with E-state index in [2.05, 4.69) is 80.2 Å². The van der Waals surface area contributed by atoms with E-state index in [0.717, 1.165) is 23.4 Å². The quantitative estimate of drug-likeness (QED) is 0.774. The average Bonchev–Trinajstić information content (AvgIpc) is 2.90. The van der Waals surface area contributed by atoms with Gasteiger partial charge in [-0.3, -0.25) is 4.90 Å². The highest BCUT2D eigenvalue weighted by Crippen LogP contribution is 2.23. The Kier molecular flexibility index (Phi) is 3.99. The molecule has 0 saturated carbocycles. The first-order valence-electron chi connectivity index (χ1n) is 7.75. The van der Waals surface area contributed by atoms with Crippen LogP contribution in [-0.2, 0) is 6.54 Å².